The Kier molecular flexibility index (Phi) is 8.06. The number of hydrogen-bond donors (Lipinski definition) is 2. The molecule has 2 aliphatic rings. The van der Waals surface area contributed by atoms with E-state index in [1.165, 1.54) is 24.1 Å². The monoisotopic (exact) mass is 468 g/mol. The molecule has 0 unspecified atom stereocenters. The van der Waals surface area contributed by atoms with Gasteiger partial charge in [0.25, 0.3) is 5.91 Å². The number of rotatable bonds is 8. The predicted molar refractivity (Wildman–Crippen MR) is 135 cm³/mol. The molecule has 0 radical (unpaired) electrons. The van der Waals surface area contributed by atoms with E-state index in [0.29, 0.717) is 11.6 Å². The highest BCUT2D eigenvalue weighted by atomic mass is 32.2. The zero-order valence-electron chi connectivity index (χ0n) is 20.1. The molecule has 0 aliphatic heterocycles. The van der Waals surface area contributed by atoms with E-state index in [1.54, 1.807) is 18.0 Å². The molecule has 8 heteroatoms. The highest BCUT2D eigenvalue weighted by Gasteiger charge is 2.25. The maximum Gasteiger partial charge on any atom is 0.254 e. The van der Waals surface area contributed by atoms with Gasteiger partial charge < -0.3 is 15.5 Å². The predicted octanol–water partition coefficient (Wildman–Crippen LogP) is 4.47. The molecule has 178 valence electrons. The summed E-state index contributed by atoms with van der Waals surface area (Å²) in [6, 6.07) is 4.25. The number of carbonyl (C=O) groups excluding carboxylic acids is 1. The summed E-state index contributed by atoms with van der Waals surface area (Å²) in [5.74, 6) is 2.76. The van der Waals surface area contributed by atoms with E-state index in [-0.39, 0.29) is 11.9 Å². The highest BCUT2D eigenvalue weighted by Crippen LogP contribution is 2.29. The first kappa shape index (κ1) is 23.8. The number of amides is 1. The maximum absolute atomic E-state index is 12.9. The number of aryl methyl sites for hydroxylation is 1. The number of fused-ring (bicyclic) bond motifs is 1. The Balaban J connectivity index is 1.34. The lowest BCUT2D eigenvalue weighted by atomic mass is 9.91. The number of carbonyl (C=O) groups is 1. The van der Waals surface area contributed by atoms with Crippen LogP contribution in [0.15, 0.2) is 23.4 Å². The van der Waals surface area contributed by atoms with Crippen LogP contribution in [0.4, 0.5) is 11.8 Å². The second-order valence-electron chi connectivity index (χ2n) is 9.27. The van der Waals surface area contributed by atoms with Crippen LogP contribution in [0.3, 0.4) is 0 Å². The molecular formula is C25H36N6OS. The Morgan fingerprint density at radius 1 is 1.12 bits per heavy atom. The quantitative estimate of drug-likeness (QED) is 0.553. The molecule has 1 amide bonds. The zero-order chi connectivity index (χ0) is 23.2. The Bertz CT molecular complexity index is 958. The van der Waals surface area contributed by atoms with E-state index in [0.717, 1.165) is 67.5 Å². The van der Waals surface area contributed by atoms with Crippen molar-refractivity contribution in [3.63, 3.8) is 0 Å². The second-order valence-corrected chi connectivity index (χ2v) is 10.4. The first-order valence-electron chi connectivity index (χ1n) is 12.3. The number of thioether (sulfide) groups is 1. The summed E-state index contributed by atoms with van der Waals surface area (Å²) in [6.07, 6.45) is 11.2. The summed E-state index contributed by atoms with van der Waals surface area (Å²) in [5, 5.41) is 7.66. The van der Waals surface area contributed by atoms with Crippen molar-refractivity contribution in [3.05, 3.63) is 35.2 Å². The second kappa shape index (κ2) is 11.2. The molecule has 0 saturated heterocycles. The van der Waals surface area contributed by atoms with Gasteiger partial charge in [0.05, 0.1) is 11.3 Å². The van der Waals surface area contributed by atoms with E-state index >= 15 is 0 Å². The fraction of sp³-hybridized carbons (Fsp3) is 0.600. The lowest BCUT2D eigenvalue weighted by Crippen LogP contribution is -2.40. The number of pyridine rings is 1. The molecule has 2 aromatic rings. The van der Waals surface area contributed by atoms with Crippen molar-refractivity contribution < 1.29 is 4.79 Å². The Hall–Kier alpha value is -2.35. The summed E-state index contributed by atoms with van der Waals surface area (Å²) >= 11 is 1.65. The summed E-state index contributed by atoms with van der Waals surface area (Å²) < 4.78 is 0. The normalized spacial score (nSPS) is 20.1. The van der Waals surface area contributed by atoms with Crippen LogP contribution in [0.5, 0.6) is 0 Å². The Labute approximate surface area is 201 Å². The minimum atomic E-state index is -0.00763. The van der Waals surface area contributed by atoms with Crippen molar-refractivity contribution in [2.45, 2.75) is 81.8 Å². The molecule has 0 atom stereocenters. The van der Waals surface area contributed by atoms with E-state index < -0.39 is 0 Å². The lowest BCUT2D eigenvalue weighted by molar-refractivity contribution is 0.0923. The van der Waals surface area contributed by atoms with Crippen molar-refractivity contribution in [3.8, 4) is 0 Å². The number of anilines is 2. The highest BCUT2D eigenvalue weighted by molar-refractivity contribution is 7.99. The van der Waals surface area contributed by atoms with Crippen molar-refractivity contribution in [1.29, 1.82) is 0 Å². The molecule has 0 aromatic carbocycles. The first-order valence-corrected chi connectivity index (χ1v) is 13.3. The van der Waals surface area contributed by atoms with Gasteiger partial charge in [-0.25, -0.2) is 9.97 Å². The van der Waals surface area contributed by atoms with Gasteiger partial charge in [0.2, 0.25) is 5.95 Å². The number of hydrogen-bond acceptors (Lipinski definition) is 7. The summed E-state index contributed by atoms with van der Waals surface area (Å²) in [5.41, 5.74) is 3.21. The minimum absolute atomic E-state index is 0.00763. The van der Waals surface area contributed by atoms with Gasteiger partial charge in [-0.05, 0) is 75.7 Å². The van der Waals surface area contributed by atoms with Crippen LogP contribution < -0.4 is 15.5 Å². The third-order valence-electron chi connectivity index (χ3n) is 6.44. The third-order valence-corrected chi connectivity index (χ3v) is 7.65. The van der Waals surface area contributed by atoms with Crippen LogP contribution >= 0.6 is 11.8 Å². The van der Waals surface area contributed by atoms with Crippen LogP contribution in [-0.4, -0.2) is 52.8 Å². The molecule has 7 nitrogen and oxygen atoms in total. The molecule has 0 spiro atoms. The van der Waals surface area contributed by atoms with Gasteiger partial charge in [-0.15, -0.1) is 11.8 Å². The van der Waals surface area contributed by atoms with Gasteiger partial charge in [0.1, 0.15) is 10.8 Å². The van der Waals surface area contributed by atoms with Crippen LogP contribution in [-0.2, 0) is 12.8 Å². The molecule has 2 N–H and O–H groups in total. The topological polar surface area (TPSA) is 83.0 Å². The molecule has 2 aromatic heterocycles. The molecule has 1 saturated carbocycles. The maximum atomic E-state index is 12.9. The smallest absolute Gasteiger partial charge is 0.254 e. The number of aromatic nitrogens is 3. The molecule has 0 bridgehead atoms. The molecular weight excluding hydrogens is 432 g/mol. The Morgan fingerprint density at radius 2 is 1.88 bits per heavy atom. The van der Waals surface area contributed by atoms with Gasteiger partial charge in [-0.3, -0.25) is 4.79 Å². The number of nitrogens with zero attached hydrogens (tertiary/aromatic N) is 4. The minimum Gasteiger partial charge on any atom is -0.362 e. The van der Waals surface area contributed by atoms with E-state index in [9.17, 15) is 4.79 Å². The zero-order valence-corrected chi connectivity index (χ0v) is 20.9. The first-order chi connectivity index (χ1) is 16.0. The fourth-order valence-electron chi connectivity index (χ4n) is 4.71. The van der Waals surface area contributed by atoms with Crippen LogP contribution in [0, 0.1) is 0 Å². The Morgan fingerprint density at radius 3 is 2.64 bits per heavy atom. The third kappa shape index (κ3) is 5.96. The average Bonchev–Trinajstić information content (AvgIpc) is 2.83. The average molecular weight is 469 g/mol. The molecule has 4 rings (SSSR count). The van der Waals surface area contributed by atoms with E-state index in [2.05, 4.69) is 41.5 Å². The van der Waals surface area contributed by atoms with Gasteiger partial charge in [0, 0.05) is 37.9 Å². The largest absolute Gasteiger partial charge is 0.362 e. The van der Waals surface area contributed by atoms with Crippen LogP contribution in [0.2, 0.25) is 0 Å². The van der Waals surface area contributed by atoms with Gasteiger partial charge in [-0.2, -0.15) is 4.98 Å². The van der Waals surface area contributed by atoms with Gasteiger partial charge >= 0.3 is 0 Å². The molecule has 33 heavy (non-hydrogen) atoms. The van der Waals surface area contributed by atoms with Gasteiger partial charge in [-0.1, -0.05) is 6.92 Å². The molecule has 2 aliphatic carbocycles. The number of nitrogens with one attached hydrogen (secondary N) is 2. The summed E-state index contributed by atoms with van der Waals surface area (Å²) in [4.78, 5) is 29.1. The lowest BCUT2D eigenvalue weighted by Gasteiger charge is -2.30. The summed E-state index contributed by atoms with van der Waals surface area (Å²) in [6.45, 7) is 2.14. The fourth-order valence-corrected chi connectivity index (χ4v) is 5.56. The SMILES string of the molecule is CCCSc1ncccc1C(=O)N[C@H]1CC[C@@H](Nc2nc3c(c(N(C)C)n2)CCCC3)CC1. The van der Waals surface area contributed by atoms with E-state index in [4.69, 9.17) is 9.97 Å². The standard InChI is InChI=1S/C25H36N6OS/c1-4-16-33-24-20(9-7-15-26-24)23(32)27-17-11-13-18(14-12-17)28-25-29-21-10-6-5-8-19(21)22(30-25)31(2)3/h7,9,15,17-18H,4-6,8,10-14,16H2,1-3H3,(H,27,32)(H,28,29,30)/t17-,18+. The molecule has 2 heterocycles. The van der Waals surface area contributed by atoms with Crippen molar-refractivity contribution in [1.82, 2.24) is 20.3 Å². The molecule has 1 fully saturated rings. The van der Waals surface area contributed by atoms with Crippen LogP contribution in [0.1, 0.15) is 73.5 Å². The van der Waals surface area contributed by atoms with Crippen molar-refractivity contribution >= 4 is 29.4 Å². The van der Waals surface area contributed by atoms with Crippen molar-refractivity contribution in [2.75, 3.05) is 30.1 Å². The van der Waals surface area contributed by atoms with Crippen LogP contribution in [0.25, 0.3) is 0 Å². The van der Waals surface area contributed by atoms with Gasteiger partial charge in [0.15, 0.2) is 0 Å². The summed E-state index contributed by atoms with van der Waals surface area (Å²) in [7, 11) is 4.12. The van der Waals surface area contributed by atoms with E-state index in [1.807, 2.05) is 12.1 Å². The van der Waals surface area contributed by atoms with Crippen molar-refractivity contribution in [2.24, 2.45) is 0 Å².